The highest BCUT2D eigenvalue weighted by Crippen LogP contribution is 2.27. The number of fused-ring (bicyclic) bond motifs is 1. The summed E-state index contributed by atoms with van der Waals surface area (Å²) in [5.74, 6) is -0.696. The lowest BCUT2D eigenvalue weighted by Crippen LogP contribution is -2.11. The molecule has 0 fully saturated rings. The molecule has 1 amide bonds. The molecule has 2 N–H and O–H groups in total. The van der Waals surface area contributed by atoms with Crippen LogP contribution in [0.3, 0.4) is 0 Å². The minimum Gasteiger partial charge on any atom is -0.477 e. The smallest absolute Gasteiger partial charge is 0.341 e. The molecule has 1 aromatic rings. The molecule has 0 aliphatic carbocycles. The lowest BCUT2D eigenvalue weighted by molar-refractivity contribution is -0.116. The fourth-order valence-electron chi connectivity index (χ4n) is 1.49. The van der Waals surface area contributed by atoms with Crippen molar-refractivity contribution >= 4 is 17.6 Å². The number of aromatic carboxylic acids is 1. The highest BCUT2D eigenvalue weighted by atomic mass is 16.4. The number of carbonyl (C=O) groups is 2. The summed E-state index contributed by atoms with van der Waals surface area (Å²) >= 11 is 0. The average Bonchev–Trinajstić information content (AvgIpc) is 2.41. The van der Waals surface area contributed by atoms with Gasteiger partial charge < -0.3 is 14.8 Å². The monoisotopic (exact) mass is 195 g/mol. The van der Waals surface area contributed by atoms with Crippen LogP contribution in [0.25, 0.3) is 0 Å². The summed E-state index contributed by atoms with van der Waals surface area (Å²) in [4.78, 5) is 21.9. The van der Waals surface area contributed by atoms with Crippen molar-refractivity contribution in [2.75, 3.05) is 5.32 Å². The number of carbonyl (C=O) groups excluding carboxylic acids is 1. The number of nitrogens with one attached hydrogen (secondary N) is 1. The molecule has 5 nitrogen and oxygen atoms in total. The van der Waals surface area contributed by atoms with Crippen LogP contribution in [0.2, 0.25) is 0 Å². The Balaban J connectivity index is 2.44. The van der Waals surface area contributed by atoms with Crippen LogP contribution in [-0.4, -0.2) is 17.0 Å². The minimum atomic E-state index is -1.09. The maximum absolute atomic E-state index is 11.2. The van der Waals surface area contributed by atoms with Gasteiger partial charge in [0.15, 0.2) is 0 Å². The minimum absolute atomic E-state index is 0.0234. The molecular weight excluding hydrogens is 186 g/mol. The first-order valence-corrected chi connectivity index (χ1v) is 4.32. The molecule has 0 saturated heterocycles. The first-order valence-electron chi connectivity index (χ1n) is 4.32. The van der Waals surface area contributed by atoms with Gasteiger partial charge in [-0.15, -0.1) is 0 Å². The topological polar surface area (TPSA) is 79.5 Å². The van der Waals surface area contributed by atoms with E-state index in [1.54, 1.807) is 0 Å². The molecule has 2 rings (SSSR count). The van der Waals surface area contributed by atoms with Crippen molar-refractivity contribution in [3.63, 3.8) is 0 Å². The number of hydrogen-bond acceptors (Lipinski definition) is 3. The van der Waals surface area contributed by atoms with Gasteiger partial charge in [0.05, 0.1) is 5.69 Å². The van der Waals surface area contributed by atoms with Gasteiger partial charge in [-0.3, -0.25) is 4.79 Å². The molecule has 0 bridgehead atoms. The van der Waals surface area contributed by atoms with Crippen LogP contribution < -0.4 is 5.32 Å². The molecule has 1 aromatic heterocycles. The van der Waals surface area contributed by atoms with Gasteiger partial charge in [0.1, 0.15) is 17.6 Å². The van der Waals surface area contributed by atoms with Gasteiger partial charge in [-0.1, -0.05) is 0 Å². The second-order valence-corrected chi connectivity index (χ2v) is 3.15. The van der Waals surface area contributed by atoms with Crippen LogP contribution in [0.15, 0.2) is 10.7 Å². The largest absolute Gasteiger partial charge is 0.477 e. The highest BCUT2D eigenvalue weighted by Gasteiger charge is 2.22. The van der Waals surface area contributed by atoms with Crippen LogP contribution >= 0.6 is 0 Å². The van der Waals surface area contributed by atoms with E-state index in [-0.39, 0.29) is 11.5 Å². The van der Waals surface area contributed by atoms with E-state index in [1.807, 2.05) is 0 Å². The van der Waals surface area contributed by atoms with Crippen molar-refractivity contribution < 1.29 is 19.1 Å². The van der Waals surface area contributed by atoms with E-state index < -0.39 is 5.97 Å². The van der Waals surface area contributed by atoms with E-state index in [0.717, 1.165) is 0 Å². The third-order valence-corrected chi connectivity index (χ3v) is 2.17. The number of carboxylic acids is 1. The summed E-state index contributed by atoms with van der Waals surface area (Å²) in [6, 6.07) is 0. The first-order chi connectivity index (χ1) is 6.68. The van der Waals surface area contributed by atoms with Crippen LogP contribution in [-0.2, 0) is 11.2 Å². The highest BCUT2D eigenvalue weighted by molar-refractivity contribution is 6.01. The predicted octanol–water partition coefficient (Wildman–Crippen LogP) is 1.25. The van der Waals surface area contributed by atoms with Gasteiger partial charge in [-0.2, -0.15) is 0 Å². The normalized spacial score (nSPS) is 15.6. The molecule has 14 heavy (non-hydrogen) atoms. The Hall–Kier alpha value is -1.78. The van der Waals surface area contributed by atoms with E-state index in [1.165, 1.54) is 6.26 Å². The molecule has 2 heterocycles. The third-order valence-electron chi connectivity index (χ3n) is 2.17. The van der Waals surface area contributed by atoms with Crippen molar-refractivity contribution in [1.29, 1.82) is 0 Å². The Morgan fingerprint density at radius 1 is 1.50 bits per heavy atom. The summed E-state index contributed by atoms with van der Waals surface area (Å²) in [7, 11) is 0. The summed E-state index contributed by atoms with van der Waals surface area (Å²) < 4.78 is 5.08. The second-order valence-electron chi connectivity index (χ2n) is 3.15. The second kappa shape index (κ2) is 3.17. The summed E-state index contributed by atoms with van der Waals surface area (Å²) in [5.41, 5.74) is 0.343. The molecule has 1 aliphatic rings. The van der Waals surface area contributed by atoms with Gasteiger partial charge in [-0.25, -0.2) is 4.79 Å². The average molecular weight is 195 g/mol. The number of amides is 1. The number of furan rings is 1. The third kappa shape index (κ3) is 1.37. The van der Waals surface area contributed by atoms with Crippen molar-refractivity contribution in [3.05, 3.63) is 17.6 Å². The molecule has 0 radical (unpaired) electrons. The summed E-state index contributed by atoms with van der Waals surface area (Å²) in [6.45, 7) is 0. The first kappa shape index (κ1) is 8.80. The van der Waals surface area contributed by atoms with Crippen molar-refractivity contribution in [1.82, 2.24) is 0 Å². The Labute approximate surface area is 79.7 Å². The lowest BCUT2D eigenvalue weighted by atomic mass is 10.2. The Morgan fingerprint density at radius 3 is 3.00 bits per heavy atom. The zero-order valence-electron chi connectivity index (χ0n) is 7.37. The fraction of sp³-hybridized carbons (Fsp3) is 0.333. The van der Waals surface area contributed by atoms with Gasteiger partial charge in [0, 0.05) is 12.8 Å². The van der Waals surface area contributed by atoms with Crippen molar-refractivity contribution in [3.8, 4) is 0 Å². The Kier molecular flexibility index (Phi) is 1.99. The zero-order valence-corrected chi connectivity index (χ0v) is 7.37. The summed E-state index contributed by atoms with van der Waals surface area (Å²) in [5, 5.41) is 11.3. The Bertz CT molecular complexity index is 394. The molecule has 0 atom stereocenters. The molecular formula is C9H9NO4. The van der Waals surface area contributed by atoms with Crippen LogP contribution in [0, 0.1) is 0 Å². The maximum Gasteiger partial charge on any atom is 0.341 e. The van der Waals surface area contributed by atoms with E-state index >= 15 is 0 Å². The van der Waals surface area contributed by atoms with E-state index in [2.05, 4.69) is 5.32 Å². The standard InChI is InChI=1S/C9H9NO4/c11-7-3-1-2-6-8(10-7)5(4-14-6)9(12)13/h4H,1-3H2,(H,10,11)(H,12,13). The van der Waals surface area contributed by atoms with Gasteiger partial charge in [-0.05, 0) is 6.42 Å². The lowest BCUT2D eigenvalue weighted by Gasteiger charge is -2.00. The van der Waals surface area contributed by atoms with Crippen LogP contribution in [0.5, 0.6) is 0 Å². The van der Waals surface area contributed by atoms with Crippen molar-refractivity contribution in [2.24, 2.45) is 0 Å². The number of anilines is 1. The molecule has 0 unspecified atom stereocenters. The fourth-order valence-corrected chi connectivity index (χ4v) is 1.49. The molecule has 0 aromatic carbocycles. The van der Waals surface area contributed by atoms with Gasteiger partial charge >= 0.3 is 5.97 Å². The van der Waals surface area contributed by atoms with E-state index in [0.29, 0.717) is 30.7 Å². The SMILES string of the molecule is O=C1CCCc2occ(C(=O)O)c2N1. The van der Waals surface area contributed by atoms with Crippen LogP contribution in [0.1, 0.15) is 29.0 Å². The number of rotatable bonds is 1. The molecule has 0 saturated carbocycles. The summed E-state index contributed by atoms with van der Waals surface area (Å²) in [6.07, 6.45) is 2.86. The molecule has 74 valence electrons. The zero-order chi connectivity index (χ0) is 10.1. The van der Waals surface area contributed by atoms with E-state index in [9.17, 15) is 9.59 Å². The van der Waals surface area contributed by atoms with E-state index in [4.69, 9.17) is 9.52 Å². The van der Waals surface area contributed by atoms with Crippen LogP contribution in [0.4, 0.5) is 5.69 Å². The maximum atomic E-state index is 11.2. The number of hydrogen-bond donors (Lipinski definition) is 2. The van der Waals surface area contributed by atoms with Gasteiger partial charge in [0.2, 0.25) is 5.91 Å². The predicted molar refractivity (Wildman–Crippen MR) is 47.2 cm³/mol. The van der Waals surface area contributed by atoms with Gasteiger partial charge in [0.25, 0.3) is 0 Å². The Morgan fingerprint density at radius 2 is 2.29 bits per heavy atom. The quantitative estimate of drug-likeness (QED) is 0.706. The van der Waals surface area contributed by atoms with Crippen molar-refractivity contribution in [2.45, 2.75) is 19.3 Å². The molecule has 5 heteroatoms. The number of aryl methyl sites for hydroxylation is 1. The molecule has 0 spiro atoms. The molecule has 1 aliphatic heterocycles. The number of carboxylic acid groups (broad SMARTS) is 1.